The highest BCUT2D eigenvalue weighted by Gasteiger charge is 2.13. The number of nitrogens with one attached hydrogen (secondary N) is 1. The lowest BCUT2D eigenvalue weighted by molar-refractivity contribution is -0.136. The molecule has 1 aliphatic heterocycles. The van der Waals surface area contributed by atoms with Crippen LogP contribution in [0.4, 0.5) is 0 Å². The summed E-state index contributed by atoms with van der Waals surface area (Å²) in [5, 5.41) is 3.32. The van der Waals surface area contributed by atoms with Gasteiger partial charge in [-0.15, -0.1) is 0 Å². The Bertz CT molecular complexity index is 530. The maximum absolute atomic E-state index is 11.2. The summed E-state index contributed by atoms with van der Waals surface area (Å²) in [6.07, 6.45) is 3.61. The molecule has 6 heteroatoms. The number of piperidine rings is 1. The van der Waals surface area contributed by atoms with Gasteiger partial charge in [-0.1, -0.05) is 0 Å². The van der Waals surface area contributed by atoms with Gasteiger partial charge < -0.3 is 14.8 Å². The van der Waals surface area contributed by atoms with Crippen molar-refractivity contribution in [3.05, 3.63) is 18.1 Å². The van der Waals surface area contributed by atoms with Crippen molar-refractivity contribution in [1.82, 2.24) is 15.3 Å². The Morgan fingerprint density at radius 1 is 1.43 bits per heavy atom. The molecule has 0 amide bonds. The summed E-state index contributed by atoms with van der Waals surface area (Å²) in [6, 6.07) is 1.63. The lowest BCUT2D eigenvalue weighted by Gasteiger charge is -2.22. The molecular formula is C15H19N3O3. The van der Waals surface area contributed by atoms with Gasteiger partial charge in [0.2, 0.25) is 5.88 Å². The Balaban J connectivity index is 1.89. The van der Waals surface area contributed by atoms with Crippen LogP contribution in [0.15, 0.2) is 12.4 Å². The van der Waals surface area contributed by atoms with Gasteiger partial charge in [0.05, 0.1) is 13.2 Å². The van der Waals surface area contributed by atoms with Crippen molar-refractivity contribution < 1.29 is 14.3 Å². The molecule has 2 rings (SSSR count). The van der Waals surface area contributed by atoms with Crippen LogP contribution in [-0.2, 0) is 9.53 Å². The minimum atomic E-state index is -0.562. The molecule has 2 heterocycles. The minimum absolute atomic E-state index is 0.307. The third-order valence-corrected chi connectivity index (χ3v) is 3.14. The van der Waals surface area contributed by atoms with Crippen LogP contribution in [-0.4, -0.2) is 42.2 Å². The van der Waals surface area contributed by atoms with Crippen molar-refractivity contribution in [2.75, 3.05) is 26.3 Å². The maximum Gasteiger partial charge on any atom is 0.384 e. The van der Waals surface area contributed by atoms with E-state index >= 15 is 0 Å². The zero-order valence-corrected chi connectivity index (χ0v) is 12.1. The van der Waals surface area contributed by atoms with E-state index in [0.717, 1.165) is 25.9 Å². The Morgan fingerprint density at radius 3 is 3.00 bits per heavy atom. The monoisotopic (exact) mass is 289 g/mol. The second-order valence-corrected chi connectivity index (χ2v) is 4.72. The maximum atomic E-state index is 11.2. The smallest absolute Gasteiger partial charge is 0.384 e. The van der Waals surface area contributed by atoms with E-state index in [4.69, 9.17) is 9.47 Å². The molecular weight excluding hydrogens is 270 g/mol. The van der Waals surface area contributed by atoms with Gasteiger partial charge >= 0.3 is 5.97 Å². The molecule has 1 aromatic heterocycles. The molecule has 0 spiro atoms. The number of rotatable bonds is 4. The zero-order chi connectivity index (χ0) is 14.9. The van der Waals surface area contributed by atoms with Crippen LogP contribution >= 0.6 is 0 Å². The topological polar surface area (TPSA) is 73.3 Å². The van der Waals surface area contributed by atoms with Crippen LogP contribution < -0.4 is 10.1 Å². The molecule has 0 radical (unpaired) electrons. The Kier molecular flexibility index (Phi) is 5.98. The molecule has 0 atom stereocenters. The molecule has 1 aliphatic rings. The number of esters is 1. The minimum Gasteiger partial charge on any atom is -0.477 e. The number of hydrogen-bond donors (Lipinski definition) is 1. The molecule has 1 N–H and O–H groups in total. The van der Waals surface area contributed by atoms with E-state index in [1.54, 1.807) is 13.0 Å². The molecule has 0 unspecified atom stereocenters. The van der Waals surface area contributed by atoms with Gasteiger partial charge in [-0.2, -0.15) is 0 Å². The normalized spacial score (nSPS) is 14.9. The first-order chi connectivity index (χ1) is 10.3. The third kappa shape index (κ3) is 5.40. The van der Waals surface area contributed by atoms with Crippen molar-refractivity contribution in [2.24, 2.45) is 5.92 Å². The quantitative estimate of drug-likeness (QED) is 0.652. The molecule has 0 aliphatic carbocycles. The van der Waals surface area contributed by atoms with Gasteiger partial charge in [0.25, 0.3) is 0 Å². The van der Waals surface area contributed by atoms with Gasteiger partial charge in [0.1, 0.15) is 12.0 Å². The summed E-state index contributed by atoms with van der Waals surface area (Å²) in [6.45, 7) is 4.75. The average Bonchev–Trinajstić information content (AvgIpc) is 2.53. The van der Waals surface area contributed by atoms with Crippen LogP contribution in [0.25, 0.3) is 0 Å². The lowest BCUT2D eigenvalue weighted by atomic mass is 9.99. The highest BCUT2D eigenvalue weighted by Crippen LogP contribution is 2.14. The molecule has 1 aromatic rings. The number of nitrogens with zero attached hydrogens (tertiary/aromatic N) is 2. The molecule has 1 saturated heterocycles. The summed E-state index contributed by atoms with van der Waals surface area (Å²) in [4.78, 5) is 19.2. The second kappa shape index (κ2) is 8.22. The summed E-state index contributed by atoms with van der Waals surface area (Å²) < 4.78 is 10.4. The fraction of sp³-hybridized carbons (Fsp3) is 0.533. The predicted octanol–water partition coefficient (Wildman–Crippen LogP) is 0.770. The van der Waals surface area contributed by atoms with E-state index in [2.05, 4.69) is 27.1 Å². The largest absolute Gasteiger partial charge is 0.477 e. The summed E-state index contributed by atoms with van der Waals surface area (Å²) in [7, 11) is 0. The van der Waals surface area contributed by atoms with Gasteiger partial charge in [-0.25, -0.2) is 14.8 Å². The van der Waals surface area contributed by atoms with Gasteiger partial charge in [-0.05, 0) is 44.7 Å². The highest BCUT2D eigenvalue weighted by molar-refractivity contribution is 5.88. The standard InChI is InChI=1S/C15H19N3O3/c1-2-20-15(19)4-3-13-9-14(18-11-17-13)21-10-12-5-7-16-8-6-12/h9,11-12,16H,2,5-8,10H2,1H3. The van der Waals surface area contributed by atoms with Crippen molar-refractivity contribution in [3.8, 4) is 17.7 Å². The van der Waals surface area contributed by atoms with Crippen LogP contribution in [0.3, 0.4) is 0 Å². The Hall–Kier alpha value is -2.13. The molecule has 0 saturated carbocycles. The average molecular weight is 289 g/mol. The van der Waals surface area contributed by atoms with E-state index in [1.807, 2.05) is 0 Å². The van der Waals surface area contributed by atoms with Crippen molar-refractivity contribution in [1.29, 1.82) is 0 Å². The third-order valence-electron chi connectivity index (χ3n) is 3.14. The van der Waals surface area contributed by atoms with E-state index in [1.165, 1.54) is 6.33 Å². The Labute approximate surface area is 124 Å². The van der Waals surface area contributed by atoms with E-state index in [-0.39, 0.29) is 0 Å². The van der Waals surface area contributed by atoms with Crippen LogP contribution in [0.1, 0.15) is 25.5 Å². The number of carbonyl (C=O) groups is 1. The van der Waals surface area contributed by atoms with Gasteiger partial charge in [-0.3, -0.25) is 0 Å². The van der Waals surface area contributed by atoms with Crippen LogP contribution in [0.2, 0.25) is 0 Å². The summed E-state index contributed by atoms with van der Waals surface area (Å²) >= 11 is 0. The molecule has 21 heavy (non-hydrogen) atoms. The summed E-state index contributed by atoms with van der Waals surface area (Å²) in [5.74, 6) is 5.48. The van der Waals surface area contributed by atoms with Gasteiger partial charge in [0, 0.05) is 12.0 Å². The number of carbonyl (C=O) groups excluding carboxylic acids is 1. The molecule has 112 valence electrons. The van der Waals surface area contributed by atoms with Crippen LogP contribution in [0.5, 0.6) is 5.88 Å². The number of aromatic nitrogens is 2. The molecule has 6 nitrogen and oxygen atoms in total. The van der Waals surface area contributed by atoms with Crippen molar-refractivity contribution >= 4 is 5.97 Å². The predicted molar refractivity (Wildman–Crippen MR) is 76.6 cm³/mol. The Morgan fingerprint density at radius 2 is 2.24 bits per heavy atom. The van der Waals surface area contributed by atoms with Gasteiger partial charge in [0.15, 0.2) is 0 Å². The number of hydrogen-bond acceptors (Lipinski definition) is 6. The fourth-order valence-corrected chi connectivity index (χ4v) is 2.02. The fourth-order valence-electron chi connectivity index (χ4n) is 2.02. The van der Waals surface area contributed by atoms with E-state index in [9.17, 15) is 4.79 Å². The van der Waals surface area contributed by atoms with Crippen LogP contribution in [0, 0.1) is 17.8 Å². The van der Waals surface area contributed by atoms with Crippen molar-refractivity contribution in [3.63, 3.8) is 0 Å². The SMILES string of the molecule is CCOC(=O)C#Cc1cc(OCC2CCNCC2)ncn1. The van der Waals surface area contributed by atoms with E-state index < -0.39 is 5.97 Å². The first-order valence-electron chi connectivity index (χ1n) is 7.12. The first kappa shape index (κ1) is 15.3. The molecule has 0 bridgehead atoms. The van der Waals surface area contributed by atoms with E-state index in [0.29, 0.717) is 30.7 Å². The first-order valence-corrected chi connectivity index (χ1v) is 7.12. The zero-order valence-electron chi connectivity index (χ0n) is 12.1. The summed E-state index contributed by atoms with van der Waals surface area (Å²) in [5.41, 5.74) is 0.443. The highest BCUT2D eigenvalue weighted by atomic mass is 16.5. The second-order valence-electron chi connectivity index (χ2n) is 4.72. The lowest BCUT2D eigenvalue weighted by Crippen LogP contribution is -2.30. The molecule has 0 aromatic carbocycles. The number of ether oxygens (including phenoxy) is 2. The molecule has 1 fully saturated rings. The van der Waals surface area contributed by atoms with Crippen molar-refractivity contribution in [2.45, 2.75) is 19.8 Å².